The average Bonchev–Trinajstić information content (AvgIpc) is 3.18. The Morgan fingerprint density at radius 3 is 2.86 bits per heavy atom. The Hall–Kier alpha value is -1.96. The molecule has 114 valence electrons. The molecule has 0 aromatic heterocycles. The van der Waals surface area contributed by atoms with Gasteiger partial charge in [-0.05, 0) is 18.2 Å². The van der Waals surface area contributed by atoms with Crippen molar-refractivity contribution in [2.75, 3.05) is 0 Å². The molecule has 0 aliphatic heterocycles. The van der Waals surface area contributed by atoms with E-state index in [4.69, 9.17) is 11.6 Å². The van der Waals surface area contributed by atoms with Crippen molar-refractivity contribution in [1.82, 2.24) is 5.32 Å². The van der Waals surface area contributed by atoms with Gasteiger partial charge in [0.05, 0.1) is 0 Å². The molecule has 1 aromatic rings. The summed E-state index contributed by atoms with van der Waals surface area (Å²) in [7, 11) is 0. The zero-order valence-corrected chi connectivity index (χ0v) is 11.3. The highest BCUT2D eigenvalue weighted by Crippen LogP contribution is 2.33. The molecule has 2 rings (SSSR count). The Bertz CT molecular complexity index is 570. The molecule has 2 atom stereocenters. The van der Waals surface area contributed by atoms with Crippen LogP contribution >= 0.6 is 11.6 Å². The van der Waals surface area contributed by atoms with E-state index in [-0.39, 0.29) is 24.3 Å². The molecule has 6 nitrogen and oxygen atoms in total. The van der Waals surface area contributed by atoms with E-state index in [2.05, 4.69) is 10.1 Å². The first-order valence-electron chi connectivity index (χ1n) is 6.03. The fourth-order valence-corrected chi connectivity index (χ4v) is 2.10. The van der Waals surface area contributed by atoms with Crippen molar-refractivity contribution in [3.8, 4) is 5.75 Å². The second-order valence-corrected chi connectivity index (χ2v) is 4.98. The van der Waals surface area contributed by atoms with Gasteiger partial charge < -0.3 is 10.1 Å². The number of nitrogens with one attached hydrogen (secondary N) is 1. The second-order valence-electron chi connectivity index (χ2n) is 4.54. The molecule has 0 heterocycles. The highest BCUT2D eigenvalue weighted by Gasteiger charge is 2.53. The minimum Gasteiger partial charge on any atom is -0.434 e. The number of amides is 1. The van der Waals surface area contributed by atoms with Gasteiger partial charge in [0.25, 0.3) is 0 Å². The predicted molar refractivity (Wildman–Crippen MR) is 68.8 cm³/mol. The van der Waals surface area contributed by atoms with Crippen LogP contribution in [0.4, 0.5) is 8.78 Å². The number of carbonyl (C=O) groups is 1. The molecule has 0 bridgehead atoms. The molecule has 1 N–H and O–H groups in total. The molecule has 1 saturated carbocycles. The number of alkyl halides is 2. The van der Waals surface area contributed by atoms with Crippen molar-refractivity contribution >= 4 is 17.5 Å². The Morgan fingerprint density at radius 1 is 1.57 bits per heavy atom. The van der Waals surface area contributed by atoms with Gasteiger partial charge in [-0.1, -0.05) is 11.6 Å². The number of benzene rings is 1. The number of halogens is 3. The third kappa shape index (κ3) is 4.01. The fraction of sp³-hybridized carbons (Fsp3) is 0.417. The summed E-state index contributed by atoms with van der Waals surface area (Å²) in [4.78, 5) is 21.6. The molecule has 21 heavy (non-hydrogen) atoms. The molecule has 0 radical (unpaired) electrons. The average molecular weight is 321 g/mol. The van der Waals surface area contributed by atoms with E-state index < -0.39 is 29.4 Å². The zero-order chi connectivity index (χ0) is 15.6. The van der Waals surface area contributed by atoms with Crippen LogP contribution in [0.1, 0.15) is 12.0 Å². The summed E-state index contributed by atoms with van der Waals surface area (Å²) in [5.41, 5.74) is 0.273. The lowest BCUT2D eigenvalue weighted by Gasteiger charge is -2.11. The number of nitro groups is 1. The molecule has 0 unspecified atom stereocenters. The fourth-order valence-electron chi connectivity index (χ4n) is 1.91. The Labute approximate surface area is 123 Å². The van der Waals surface area contributed by atoms with Gasteiger partial charge >= 0.3 is 6.61 Å². The molecule has 1 aliphatic carbocycles. The molecular formula is C12H11ClF2N2O4. The summed E-state index contributed by atoms with van der Waals surface area (Å²) < 4.78 is 28.8. The molecule has 0 spiro atoms. The quantitative estimate of drug-likeness (QED) is 0.643. The molecule has 0 saturated heterocycles. The number of ether oxygens (including phenoxy) is 1. The maximum atomic E-state index is 12.3. The van der Waals surface area contributed by atoms with Crippen LogP contribution in [0.5, 0.6) is 5.75 Å². The van der Waals surface area contributed by atoms with Crippen LogP contribution in [-0.2, 0) is 11.3 Å². The summed E-state index contributed by atoms with van der Waals surface area (Å²) >= 11 is 5.76. The molecule has 1 aromatic carbocycles. The lowest BCUT2D eigenvalue weighted by molar-refractivity contribution is -0.497. The summed E-state index contributed by atoms with van der Waals surface area (Å²) in [6, 6.07) is 3.18. The van der Waals surface area contributed by atoms with Crippen molar-refractivity contribution in [2.45, 2.75) is 25.6 Å². The van der Waals surface area contributed by atoms with Gasteiger partial charge in [-0.2, -0.15) is 8.78 Å². The number of hydrogen-bond acceptors (Lipinski definition) is 4. The van der Waals surface area contributed by atoms with E-state index in [1.54, 1.807) is 0 Å². The lowest BCUT2D eigenvalue weighted by Crippen LogP contribution is -2.27. The van der Waals surface area contributed by atoms with Crippen molar-refractivity contribution in [3.63, 3.8) is 0 Å². The van der Waals surface area contributed by atoms with E-state index in [0.717, 1.165) is 0 Å². The molecular weight excluding hydrogens is 310 g/mol. The van der Waals surface area contributed by atoms with Crippen LogP contribution in [0, 0.1) is 16.0 Å². The normalized spacial score (nSPS) is 20.2. The van der Waals surface area contributed by atoms with Crippen LogP contribution in [0.2, 0.25) is 5.02 Å². The summed E-state index contributed by atoms with van der Waals surface area (Å²) in [6.45, 7) is -3.09. The van der Waals surface area contributed by atoms with E-state index >= 15 is 0 Å². The van der Waals surface area contributed by atoms with Crippen molar-refractivity contribution < 1.29 is 23.2 Å². The van der Waals surface area contributed by atoms with Gasteiger partial charge in [0, 0.05) is 28.5 Å². The van der Waals surface area contributed by atoms with E-state index in [0.29, 0.717) is 5.02 Å². The third-order valence-corrected chi connectivity index (χ3v) is 3.29. The van der Waals surface area contributed by atoms with Gasteiger partial charge in [0.15, 0.2) is 0 Å². The Morgan fingerprint density at radius 2 is 2.29 bits per heavy atom. The van der Waals surface area contributed by atoms with Crippen LogP contribution in [0.15, 0.2) is 18.2 Å². The van der Waals surface area contributed by atoms with Crippen molar-refractivity contribution in [1.29, 1.82) is 0 Å². The zero-order valence-electron chi connectivity index (χ0n) is 10.6. The SMILES string of the molecule is O=C(NCc1cc(Cl)ccc1OC(F)F)[C@H]1C[C@H]1[N+](=O)[O-]. The first-order valence-corrected chi connectivity index (χ1v) is 6.40. The first kappa shape index (κ1) is 15.4. The first-order chi connectivity index (χ1) is 9.88. The van der Waals surface area contributed by atoms with Crippen molar-refractivity contribution in [3.05, 3.63) is 38.9 Å². The number of hydrogen-bond donors (Lipinski definition) is 1. The summed E-state index contributed by atoms with van der Waals surface area (Å²) in [6.07, 6.45) is 0.189. The van der Waals surface area contributed by atoms with Gasteiger partial charge in [-0.25, -0.2) is 0 Å². The van der Waals surface area contributed by atoms with Gasteiger partial charge in [0.1, 0.15) is 11.7 Å². The topological polar surface area (TPSA) is 81.5 Å². The highest BCUT2D eigenvalue weighted by molar-refractivity contribution is 6.30. The minimum absolute atomic E-state index is 0.0949. The molecule has 1 aliphatic rings. The van der Waals surface area contributed by atoms with Crippen LogP contribution in [-0.4, -0.2) is 23.5 Å². The maximum absolute atomic E-state index is 12.3. The Balaban J connectivity index is 1.98. The predicted octanol–water partition coefficient (Wildman–Crippen LogP) is 2.22. The lowest BCUT2D eigenvalue weighted by atomic mass is 10.2. The molecule has 1 fully saturated rings. The van der Waals surface area contributed by atoms with Gasteiger partial charge in [0.2, 0.25) is 11.9 Å². The van der Waals surface area contributed by atoms with E-state index in [1.807, 2.05) is 0 Å². The number of rotatable bonds is 6. The van der Waals surface area contributed by atoms with Crippen LogP contribution in [0.3, 0.4) is 0 Å². The molecule has 9 heteroatoms. The third-order valence-electron chi connectivity index (χ3n) is 3.06. The monoisotopic (exact) mass is 320 g/mol. The highest BCUT2D eigenvalue weighted by atomic mass is 35.5. The van der Waals surface area contributed by atoms with Crippen LogP contribution in [0.25, 0.3) is 0 Å². The van der Waals surface area contributed by atoms with E-state index in [9.17, 15) is 23.7 Å². The van der Waals surface area contributed by atoms with Crippen LogP contribution < -0.4 is 10.1 Å². The standard InChI is InChI=1S/C12H11ClF2N2O4/c13-7-1-2-10(21-12(14)15)6(3-7)5-16-11(18)8-4-9(8)17(19)20/h1-3,8-9,12H,4-5H2,(H,16,18)/t8-,9+/m0/s1. The number of carbonyl (C=O) groups excluding carboxylic acids is 1. The Kier molecular flexibility index (Phi) is 4.56. The van der Waals surface area contributed by atoms with Crippen molar-refractivity contribution in [2.24, 2.45) is 5.92 Å². The summed E-state index contributed by atoms with van der Waals surface area (Å²) in [5.74, 6) is -1.25. The summed E-state index contributed by atoms with van der Waals surface area (Å²) in [5, 5.41) is 13.2. The minimum atomic E-state index is -3.00. The van der Waals surface area contributed by atoms with Gasteiger partial charge in [-0.3, -0.25) is 14.9 Å². The van der Waals surface area contributed by atoms with Gasteiger partial charge in [-0.15, -0.1) is 0 Å². The largest absolute Gasteiger partial charge is 0.434 e. The van der Waals surface area contributed by atoms with E-state index in [1.165, 1.54) is 18.2 Å². The molecule has 1 amide bonds. The second kappa shape index (κ2) is 6.21. The number of nitrogens with zero attached hydrogens (tertiary/aromatic N) is 1. The smallest absolute Gasteiger partial charge is 0.387 e. The maximum Gasteiger partial charge on any atom is 0.387 e.